The zero-order valence-electron chi connectivity index (χ0n) is 10.5. The van der Waals surface area contributed by atoms with Crippen LogP contribution in [0.2, 0.25) is 0 Å². The van der Waals surface area contributed by atoms with Crippen LogP contribution in [0.4, 0.5) is 0 Å². The summed E-state index contributed by atoms with van der Waals surface area (Å²) in [6.45, 7) is 3.91. The topological polar surface area (TPSA) is 85.2 Å². The van der Waals surface area contributed by atoms with Gasteiger partial charge in [0.15, 0.2) is 5.75 Å². The highest BCUT2D eigenvalue weighted by Gasteiger charge is 1.97. The fourth-order valence-electron chi connectivity index (χ4n) is 0.830. The van der Waals surface area contributed by atoms with Gasteiger partial charge in [0.1, 0.15) is 0 Å². The molecule has 19 heavy (non-hydrogen) atoms. The number of aliphatic hydroxyl groups excluding tert-OH is 2. The van der Waals surface area contributed by atoms with Gasteiger partial charge in [-0.25, -0.2) is 9.68 Å². The van der Waals surface area contributed by atoms with Gasteiger partial charge in [0, 0.05) is 6.08 Å². The average molecular weight is 270 g/mol. The van der Waals surface area contributed by atoms with Crippen molar-refractivity contribution in [2.75, 3.05) is 26.4 Å². The molecule has 0 aliphatic carbocycles. The second-order valence-electron chi connectivity index (χ2n) is 3.06. The second-order valence-corrected chi connectivity index (χ2v) is 3.06. The number of ether oxygens (including phenoxy) is 1. The largest absolute Gasteiger partial charge is 0.394 e. The summed E-state index contributed by atoms with van der Waals surface area (Å²) < 4.78 is 4.63. The predicted molar refractivity (Wildman–Crippen MR) is 68.3 cm³/mol. The number of hydrogen-bond donors (Lipinski definition) is 2. The highest BCUT2D eigenvalue weighted by molar-refractivity contribution is 5.80. The minimum Gasteiger partial charge on any atom is -0.394 e. The summed E-state index contributed by atoms with van der Waals surface area (Å²) in [5.74, 6) is -0.133. The minimum atomic E-state index is -0.612. The van der Waals surface area contributed by atoms with Crippen molar-refractivity contribution >= 4 is 5.97 Å². The van der Waals surface area contributed by atoms with E-state index in [4.69, 9.17) is 10.2 Å². The zero-order chi connectivity index (χ0) is 14.3. The molecule has 0 bridgehead atoms. The van der Waals surface area contributed by atoms with Gasteiger partial charge in [0.2, 0.25) is 0 Å². The molecule has 2 N–H and O–H groups in total. The normalized spacial score (nSPS) is 8.95. The molecule has 6 nitrogen and oxygen atoms in total. The molecular formula is C13H18O6. The van der Waals surface area contributed by atoms with Gasteiger partial charge < -0.3 is 14.9 Å². The van der Waals surface area contributed by atoms with E-state index < -0.39 is 5.97 Å². The summed E-state index contributed by atoms with van der Waals surface area (Å²) in [7, 11) is 0. The van der Waals surface area contributed by atoms with Crippen LogP contribution in [0.5, 0.6) is 5.75 Å². The van der Waals surface area contributed by atoms with Crippen molar-refractivity contribution < 1.29 is 29.5 Å². The Morgan fingerprint density at radius 2 is 1.74 bits per heavy atom. The SMILES string of the molecule is C=CC(=O)OOc1ccccc1.OCCOCCO. The quantitative estimate of drug-likeness (QED) is 0.328. The van der Waals surface area contributed by atoms with E-state index in [1.807, 2.05) is 6.07 Å². The van der Waals surface area contributed by atoms with Crippen LogP contribution in [0.15, 0.2) is 43.0 Å². The molecule has 1 rings (SSSR count). The predicted octanol–water partition coefficient (Wildman–Crippen LogP) is 0.697. The molecule has 0 unspecified atom stereocenters. The average Bonchev–Trinajstić information content (AvgIpc) is 2.47. The van der Waals surface area contributed by atoms with Crippen LogP contribution in [0.1, 0.15) is 0 Å². The van der Waals surface area contributed by atoms with Crippen LogP contribution < -0.4 is 4.89 Å². The monoisotopic (exact) mass is 270 g/mol. The molecule has 0 saturated carbocycles. The molecule has 0 heterocycles. The van der Waals surface area contributed by atoms with Gasteiger partial charge >= 0.3 is 5.97 Å². The molecule has 106 valence electrons. The Labute approximate surface area is 111 Å². The van der Waals surface area contributed by atoms with Gasteiger partial charge in [-0.15, -0.1) is 0 Å². The Hall–Kier alpha value is -1.89. The summed E-state index contributed by atoms with van der Waals surface area (Å²) in [5.41, 5.74) is 0. The first kappa shape index (κ1) is 17.1. The summed E-state index contributed by atoms with van der Waals surface area (Å²) in [6.07, 6.45) is 1.03. The molecule has 0 radical (unpaired) electrons. The molecule has 0 saturated heterocycles. The van der Waals surface area contributed by atoms with Crippen molar-refractivity contribution in [3.63, 3.8) is 0 Å². The van der Waals surface area contributed by atoms with Gasteiger partial charge in [-0.05, 0) is 12.1 Å². The fraction of sp³-hybridized carbons (Fsp3) is 0.308. The van der Waals surface area contributed by atoms with Crippen LogP contribution in [0, 0.1) is 0 Å². The maximum Gasteiger partial charge on any atom is 0.378 e. The van der Waals surface area contributed by atoms with Gasteiger partial charge in [-0.1, -0.05) is 24.8 Å². The Morgan fingerprint density at radius 1 is 1.16 bits per heavy atom. The van der Waals surface area contributed by atoms with Crippen LogP contribution in [0.3, 0.4) is 0 Å². The maximum atomic E-state index is 10.5. The van der Waals surface area contributed by atoms with Crippen molar-refractivity contribution in [2.45, 2.75) is 0 Å². The third-order valence-corrected chi connectivity index (χ3v) is 1.60. The van der Waals surface area contributed by atoms with Gasteiger partial charge in [-0.2, -0.15) is 0 Å². The second kappa shape index (κ2) is 12.6. The van der Waals surface area contributed by atoms with E-state index in [1.54, 1.807) is 24.3 Å². The van der Waals surface area contributed by atoms with E-state index in [-0.39, 0.29) is 13.2 Å². The lowest BCUT2D eigenvalue weighted by Gasteiger charge is -2.00. The summed E-state index contributed by atoms with van der Waals surface area (Å²) in [5, 5.41) is 16.2. The van der Waals surface area contributed by atoms with E-state index in [0.717, 1.165) is 6.08 Å². The first-order valence-electron chi connectivity index (χ1n) is 5.60. The van der Waals surface area contributed by atoms with Crippen molar-refractivity contribution in [1.82, 2.24) is 0 Å². The van der Waals surface area contributed by atoms with Gasteiger partial charge in [0.25, 0.3) is 0 Å². The third-order valence-electron chi connectivity index (χ3n) is 1.60. The van der Waals surface area contributed by atoms with Crippen LogP contribution in [-0.2, 0) is 14.4 Å². The maximum absolute atomic E-state index is 10.5. The number of benzene rings is 1. The zero-order valence-corrected chi connectivity index (χ0v) is 10.5. The van der Waals surface area contributed by atoms with E-state index in [1.165, 1.54) is 0 Å². The first-order chi connectivity index (χ1) is 9.24. The number of para-hydroxylation sites is 1. The van der Waals surface area contributed by atoms with Crippen molar-refractivity contribution in [2.24, 2.45) is 0 Å². The molecule has 0 aliphatic heterocycles. The lowest BCUT2D eigenvalue weighted by molar-refractivity contribution is -0.207. The Balaban J connectivity index is 0.000000399. The van der Waals surface area contributed by atoms with Crippen molar-refractivity contribution in [3.8, 4) is 5.75 Å². The molecule has 0 spiro atoms. The smallest absolute Gasteiger partial charge is 0.378 e. The number of carbonyl (C=O) groups is 1. The highest BCUT2D eigenvalue weighted by Crippen LogP contribution is 2.08. The lowest BCUT2D eigenvalue weighted by atomic mass is 10.3. The summed E-state index contributed by atoms with van der Waals surface area (Å²) in [6, 6.07) is 8.74. The molecule has 0 aromatic heterocycles. The van der Waals surface area contributed by atoms with E-state index >= 15 is 0 Å². The van der Waals surface area contributed by atoms with E-state index in [0.29, 0.717) is 19.0 Å². The lowest BCUT2D eigenvalue weighted by Crippen LogP contribution is -2.03. The van der Waals surface area contributed by atoms with Crippen LogP contribution in [0.25, 0.3) is 0 Å². The van der Waals surface area contributed by atoms with E-state index in [2.05, 4.69) is 21.1 Å². The van der Waals surface area contributed by atoms with Crippen molar-refractivity contribution in [3.05, 3.63) is 43.0 Å². The van der Waals surface area contributed by atoms with E-state index in [9.17, 15) is 4.79 Å². The number of aliphatic hydroxyl groups is 2. The molecule has 1 aromatic rings. The van der Waals surface area contributed by atoms with Crippen molar-refractivity contribution in [1.29, 1.82) is 0 Å². The van der Waals surface area contributed by atoms with Gasteiger partial charge in [0.05, 0.1) is 26.4 Å². The fourth-order valence-corrected chi connectivity index (χ4v) is 0.830. The Morgan fingerprint density at radius 3 is 2.21 bits per heavy atom. The Bertz CT molecular complexity index is 334. The highest BCUT2D eigenvalue weighted by atomic mass is 17.2. The molecule has 1 aromatic carbocycles. The summed E-state index contributed by atoms with van der Waals surface area (Å²) >= 11 is 0. The minimum absolute atomic E-state index is 0.0278. The third kappa shape index (κ3) is 11.0. The number of carbonyl (C=O) groups excluding carboxylic acids is 1. The molecular weight excluding hydrogens is 252 g/mol. The first-order valence-corrected chi connectivity index (χ1v) is 5.60. The Kier molecular flexibility index (Phi) is 11.3. The molecule has 0 aliphatic rings. The number of rotatable bonds is 7. The van der Waals surface area contributed by atoms with Crippen LogP contribution >= 0.6 is 0 Å². The molecule has 6 heteroatoms. The molecule has 0 atom stereocenters. The summed E-state index contributed by atoms with van der Waals surface area (Å²) in [4.78, 5) is 19.5. The number of hydrogen-bond acceptors (Lipinski definition) is 6. The van der Waals surface area contributed by atoms with Crippen LogP contribution in [-0.4, -0.2) is 42.6 Å². The van der Waals surface area contributed by atoms with Gasteiger partial charge in [-0.3, -0.25) is 4.89 Å². The molecule has 0 fully saturated rings. The standard InChI is InChI=1S/C9H8O3.C4H10O3/c1-2-9(10)12-11-8-6-4-3-5-7-8;5-1-3-7-4-2-6/h2-7H,1H2;5-6H,1-4H2. The molecule has 0 amide bonds.